The summed E-state index contributed by atoms with van der Waals surface area (Å²) < 4.78 is 2.06. The van der Waals surface area contributed by atoms with Crippen molar-refractivity contribution < 1.29 is 0 Å². The van der Waals surface area contributed by atoms with Gasteiger partial charge >= 0.3 is 0 Å². The highest BCUT2D eigenvalue weighted by molar-refractivity contribution is 5.86. The van der Waals surface area contributed by atoms with Gasteiger partial charge in [0.05, 0.1) is 17.6 Å². The molecular weight excluding hydrogens is 326 g/mol. The molecule has 136 valence electrons. The van der Waals surface area contributed by atoms with Crippen molar-refractivity contribution in [1.29, 1.82) is 0 Å². The zero-order valence-corrected chi connectivity index (χ0v) is 15.3. The fourth-order valence-corrected chi connectivity index (χ4v) is 3.42. The third-order valence-corrected chi connectivity index (χ3v) is 4.96. The van der Waals surface area contributed by atoms with E-state index in [-0.39, 0.29) is 0 Å². The number of hydrogen-bond donors (Lipinski definition) is 2. The summed E-state index contributed by atoms with van der Waals surface area (Å²) in [5.74, 6) is 0.840. The van der Waals surface area contributed by atoms with Crippen LogP contribution in [0, 0.1) is 0 Å². The first-order chi connectivity index (χ1) is 12.7. The summed E-state index contributed by atoms with van der Waals surface area (Å²) in [6, 6.07) is 8.94. The molecule has 7 heteroatoms. The van der Waals surface area contributed by atoms with Gasteiger partial charge in [-0.15, -0.1) is 0 Å². The lowest BCUT2D eigenvalue weighted by Crippen LogP contribution is -2.29. The maximum atomic E-state index is 4.61. The quantitative estimate of drug-likeness (QED) is 0.736. The van der Waals surface area contributed by atoms with Gasteiger partial charge in [0.25, 0.3) is 0 Å². The second-order valence-electron chi connectivity index (χ2n) is 6.94. The van der Waals surface area contributed by atoms with Crippen LogP contribution in [0.15, 0.2) is 36.8 Å². The molecule has 1 saturated heterocycles. The zero-order chi connectivity index (χ0) is 17.9. The zero-order valence-electron chi connectivity index (χ0n) is 15.3. The molecule has 0 saturated carbocycles. The van der Waals surface area contributed by atoms with E-state index in [1.807, 2.05) is 20.3 Å². The van der Waals surface area contributed by atoms with Gasteiger partial charge in [-0.1, -0.05) is 12.1 Å². The highest BCUT2D eigenvalue weighted by Gasteiger charge is 2.19. The highest BCUT2D eigenvalue weighted by atomic mass is 15.3. The lowest BCUT2D eigenvalue weighted by molar-refractivity contribution is 0.349. The van der Waals surface area contributed by atoms with Crippen LogP contribution >= 0.6 is 0 Å². The Labute approximate surface area is 153 Å². The fourth-order valence-electron chi connectivity index (χ4n) is 3.42. The van der Waals surface area contributed by atoms with Crippen molar-refractivity contribution in [3.05, 3.63) is 42.4 Å². The topological polar surface area (TPSA) is 70.9 Å². The van der Waals surface area contributed by atoms with Crippen LogP contribution in [0.25, 0.3) is 11.0 Å². The number of hydrogen-bond acceptors (Lipinski definition) is 6. The standard InChI is InChI=1S/C19H25N7/c1-25(2)15-5-3-14(4-6-15)11-21-18-17-12-24-26(19(17)23-13-22-18)16-7-9-20-10-8-16/h3-6,12-13,16,20H,7-11H2,1-2H3,(H,21,22,23). The summed E-state index contributed by atoms with van der Waals surface area (Å²) in [6.45, 7) is 2.79. The Morgan fingerprint density at radius 2 is 1.92 bits per heavy atom. The van der Waals surface area contributed by atoms with Gasteiger partial charge in [-0.25, -0.2) is 14.6 Å². The maximum Gasteiger partial charge on any atom is 0.163 e. The second kappa shape index (κ2) is 7.29. The smallest absolute Gasteiger partial charge is 0.163 e. The lowest BCUT2D eigenvalue weighted by atomic mass is 10.1. The van der Waals surface area contributed by atoms with Gasteiger partial charge in [0.2, 0.25) is 0 Å². The molecule has 0 spiro atoms. The van der Waals surface area contributed by atoms with E-state index in [1.54, 1.807) is 6.33 Å². The van der Waals surface area contributed by atoms with Crippen LogP contribution in [0.2, 0.25) is 0 Å². The summed E-state index contributed by atoms with van der Waals surface area (Å²) in [6.07, 6.45) is 5.68. The molecule has 7 nitrogen and oxygen atoms in total. The average molecular weight is 351 g/mol. The van der Waals surface area contributed by atoms with Crippen LogP contribution in [0.1, 0.15) is 24.4 Å². The van der Waals surface area contributed by atoms with Crippen LogP contribution in [0.3, 0.4) is 0 Å². The number of aromatic nitrogens is 4. The first kappa shape index (κ1) is 16.8. The molecule has 1 aliphatic heterocycles. The van der Waals surface area contributed by atoms with Crippen molar-refractivity contribution in [2.45, 2.75) is 25.4 Å². The minimum Gasteiger partial charge on any atom is -0.378 e. The number of benzene rings is 1. The summed E-state index contributed by atoms with van der Waals surface area (Å²) in [7, 11) is 4.09. The molecule has 0 bridgehead atoms. The molecular formula is C19H25N7. The van der Waals surface area contributed by atoms with Crippen LogP contribution in [0.4, 0.5) is 11.5 Å². The minimum atomic E-state index is 0.412. The Hall–Kier alpha value is -2.67. The number of fused-ring (bicyclic) bond motifs is 1. The molecule has 4 rings (SSSR count). The van der Waals surface area contributed by atoms with Crippen LogP contribution < -0.4 is 15.5 Å². The van der Waals surface area contributed by atoms with Gasteiger partial charge < -0.3 is 15.5 Å². The van der Waals surface area contributed by atoms with Crippen LogP contribution in [-0.4, -0.2) is 46.9 Å². The van der Waals surface area contributed by atoms with Gasteiger partial charge in [0.15, 0.2) is 5.65 Å². The second-order valence-corrected chi connectivity index (χ2v) is 6.94. The summed E-state index contributed by atoms with van der Waals surface area (Å²) in [4.78, 5) is 11.0. The lowest BCUT2D eigenvalue weighted by Gasteiger charge is -2.23. The number of nitrogens with zero attached hydrogens (tertiary/aromatic N) is 5. The normalized spacial score (nSPS) is 15.3. The number of anilines is 2. The average Bonchev–Trinajstić information content (AvgIpc) is 3.12. The van der Waals surface area contributed by atoms with E-state index in [1.165, 1.54) is 11.3 Å². The third-order valence-electron chi connectivity index (χ3n) is 4.96. The largest absolute Gasteiger partial charge is 0.378 e. The molecule has 1 fully saturated rings. The predicted octanol–water partition coefficient (Wildman–Crippen LogP) is 2.43. The van der Waals surface area contributed by atoms with E-state index in [2.05, 4.69) is 59.5 Å². The molecule has 0 radical (unpaired) electrons. The molecule has 1 aliphatic rings. The summed E-state index contributed by atoms with van der Waals surface area (Å²) >= 11 is 0. The summed E-state index contributed by atoms with van der Waals surface area (Å²) in [5, 5.41) is 12.4. The van der Waals surface area contributed by atoms with E-state index in [0.29, 0.717) is 6.04 Å². The van der Waals surface area contributed by atoms with Crippen molar-refractivity contribution in [2.24, 2.45) is 0 Å². The van der Waals surface area contributed by atoms with E-state index >= 15 is 0 Å². The van der Waals surface area contributed by atoms with Gasteiger partial charge in [-0.2, -0.15) is 5.10 Å². The minimum absolute atomic E-state index is 0.412. The first-order valence-corrected chi connectivity index (χ1v) is 9.11. The van der Waals surface area contributed by atoms with Gasteiger partial charge in [0, 0.05) is 26.3 Å². The summed E-state index contributed by atoms with van der Waals surface area (Å²) in [5.41, 5.74) is 3.33. The predicted molar refractivity (Wildman–Crippen MR) is 105 cm³/mol. The molecule has 0 aliphatic carbocycles. The molecule has 3 heterocycles. The van der Waals surface area contributed by atoms with Gasteiger partial charge in [-0.05, 0) is 43.6 Å². The Kier molecular flexibility index (Phi) is 4.71. The molecule has 3 aromatic rings. The maximum absolute atomic E-state index is 4.61. The number of nitrogens with one attached hydrogen (secondary N) is 2. The molecule has 1 aromatic carbocycles. The van der Waals surface area contributed by atoms with E-state index < -0.39 is 0 Å². The molecule has 26 heavy (non-hydrogen) atoms. The number of piperidine rings is 1. The Bertz CT molecular complexity index is 863. The Morgan fingerprint density at radius 1 is 1.15 bits per heavy atom. The molecule has 0 atom stereocenters. The monoisotopic (exact) mass is 351 g/mol. The Morgan fingerprint density at radius 3 is 2.65 bits per heavy atom. The van der Waals surface area contributed by atoms with E-state index in [9.17, 15) is 0 Å². The van der Waals surface area contributed by atoms with Crippen molar-refractivity contribution in [3.63, 3.8) is 0 Å². The van der Waals surface area contributed by atoms with Gasteiger partial charge in [-0.3, -0.25) is 0 Å². The first-order valence-electron chi connectivity index (χ1n) is 9.11. The van der Waals surface area contributed by atoms with Crippen molar-refractivity contribution >= 4 is 22.5 Å². The molecule has 2 aromatic heterocycles. The highest BCUT2D eigenvalue weighted by Crippen LogP contribution is 2.25. The third kappa shape index (κ3) is 3.35. The van der Waals surface area contributed by atoms with Crippen molar-refractivity contribution in [3.8, 4) is 0 Å². The van der Waals surface area contributed by atoms with Crippen molar-refractivity contribution in [2.75, 3.05) is 37.4 Å². The number of rotatable bonds is 5. The van der Waals surface area contributed by atoms with Crippen LogP contribution in [-0.2, 0) is 6.54 Å². The molecule has 0 unspecified atom stereocenters. The Balaban J connectivity index is 1.52. The van der Waals surface area contributed by atoms with E-state index in [4.69, 9.17) is 0 Å². The fraction of sp³-hybridized carbons (Fsp3) is 0.421. The van der Waals surface area contributed by atoms with Crippen molar-refractivity contribution in [1.82, 2.24) is 25.1 Å². The van der Waals surface area contributed by atoms with Gasteiger partial charge in [0.1, 0.15) is 12.1 Å². The molecule has 0 amide bonds. The molecule has 2 N–H and O–H groups in total. The van der Waals surface area contributed by atoms with E-state index in [0.717, 1.165) is 49.3 Å². The van der Waals surface area contributed by atoms with Crippen LogP contribution in [0.5, 0.6) is 0 Å². The SMILES string of the molecule is CN(C)c1ccc(CNc2ncnc3c2cnn3C2CCNCC2)cc1.